The number of hydrogen-bond donors (Lipinski definition) is 3. The van der Waals surface area contributed by atoms with E-state index in [4.69, 9.17) is 9.63 Å². The van der Waals surface area contributed by atoms with E-state index >= 15 is 0 Å². The van der Waals surface area contributed by atoms with Gasteiger partial charge in [0.25, 0.3) is 0 Å². The molecule has 2 unspecified atom stereocenters. The minimum atomic E-state index is -1.08. The molecule has 0 radical (unpaired) electrons. The Hall–Kier alpha value is -1.40. The van der Waals surface area contributed by atoms with Gasteiger partial charge in [-0.05, 0) is 31.7 Å². The van der Waals surface area contributed by atoms with E-state index in [1.54, 1.807) is 0 Å². The van der Waals surface area contributed by atoms with Crippen LogP contribution in [0.4, 0.5) is 0 Å². The average Bonchev–Trinajstić information content (AvgIpc) is 2.78. The van der Waals surface area contributed by atoms with Gasteiger partial charge in [-0.25, -0.2) is 4.79 Å². The molecule has 2 rings (SSSR count). The Morgan fingerprint density at radius 2 is 2.39 bits per heavy atom. The molecule has 1 aromatic rings. The lowest BCUT2D eigenvalue weighted by Crippen LogP contribution is -2.28. The van der Waals surface area contributed by atoms with Gasteiger partial charge in [0.1, 0.15) is 0 Å². The number of carboxylic acid groups (broad SMARTS) is 1. The summed E-state index contributed by atoms with van der Waals surface area (Å²) in [6.45, 7) is 1.27. The van der Waals surface area contributed by atoms with Gasteiger partial charge in [-0.15, -0.1) is 0 Å². The molecule has 0 spiro atoms. The monoisotopic (exact) mass is 254 g/mol. The lowest BCUT2D eigenvalue weighted by molar-refractivity contribution is 0.0685. The van der Waals surface area contributed by atoms with Crippen molar-refractivity contribution in [2.24, 2.45) is 5.92 Å². The van der Waals surface area contributed by atoms with Crippen LogP contribution in [0.5, 0.6) is 0 Å². The van der Waals surface area contributed by atoms with Gasteiger partial charge in [-0.2, -0.15) is 0 Å². The third-order valence-electron chi connectivity index (χ3n) is 3.27. The molecule has 1 heterocycles. The summed E-state index contributed by atoms with van der Waals surface area (Å²) < 4.78 is 4.89. The minimum Gasteiger partial charge on any atom is -0.476 e. The van der Waals surface area contributed by atoms with E-state index < -0.39 is 5.97 Å². The van der Waals surface area contributed by atoms with Gasteiger partial charge >= 0.3 is 5.97 Å². The predicted molar refractivity (Wildman–Crippen MR) is 63.1 cm³/mol. The van der Waals surface area contributed by atoms with Gasteiger partial charge in [-0.3, -0.25) is 0 Å². The molecule has 0 saturated heterocycles. The van der Waals surface area contributed by atoms with Crippen LogP contribution in [0, 0.1) is 5.92 Å². The highest BCUT2D eigenvalue weighted by molar-refractivity contribution is 5.85. The molecule has 18 heavy (non-hydrogen) atoms. The molecule has 0 amide bonds. The second-order valence-electron chi connectivity index (χ2n) is 4.80. The first-order valence-electron chi connectivity index (χ1n) is 6.23. The van der Waals surface area contributed by atoms with Crippen LogP contribution in [0.15, 0.2) is 10.6 Å². The Morgan fingerprint density at radius 1 is 1.56 bits per heavy atom. The van der Waals surface area contributed by atoms with E-state index in [0.717, 1.165) is 32.2 Å². The van der Waals surface area contributed by atoms with Crippen molar-refractivity contribution >= 4 is 5.97 Å². The molecule has 1 aliphatic rings. The van der Waals surface area contributed by atoms with E-state index in [-0.39, 0.29) is 11.8 Å². The van der Waals surface area contributed by atoms with Crippen LogP contribution in [0.1, 0.15) is 41.9 Å². The Balaban J connectivity index is 1.72. The second kappa shape index (κ2) is 5.97. The van der Waals surface area contributed by atoms with Crippen LogP contribution in [0.2, 0.25) is 0 Å². The highest BCUT2D eigenvalue weighted by Gasteiger charge is 2.19. The van der Waals surface area contributed by atoms with Crippen LogP contribution in [0.25, 0.3) is 0 Å². The van der Waals surface area contributed by atoms with Gasteiger partial charge in [0.05, 0.1) is 12.6 Å². The van der Waals surface area contributed by atoms with E-state index in [9.17, 15) is 9.90 Å². The van der Waals surface area contributed by atoms with Crippen LogP contribution in [-0.2, 0) is 6.54 Å². The smallest absolute Gasteiger partial charge is 0.358 e. The summed E-state index contributed by atoms with van der Waals surface area (Å²) in [6.07, 6.45) is 3.76. The number of aromatic nitrogens is 1. The van der Waals surface area contributed by atoms with Crippen molar-refractivity contribution in [2.75, 3.05) is 6.54 Å². The predicted octanol–water partition coefficient (Wildman–Crippen LogP) is 1.01. The maximum absolute atomic E-state index is 10.6. The first-order chi connectivity index (χ1) is 8.65. The molecule has 0 bridgehead atoms. The molecule has 100 valence electrons. The number of aromatic carboxylic acids is 1. The van der Waals surface area contributed by atoms with Gasteiger partial charge in [0, 0.05) is 6.07 Å². The quantitative estimate of drug-likeness (QED) is 0.726. The first-order valence-corrected chi connectivity index (χ1v) is 6.23. The largest absolute Gasteiger partial charge is 0.476 e. The fourth-order valence-corrected chi connectivity index (χ4v) is 2.34. The highest BCUT2D eigenvalue weighted by atomic mass is 16.5. The van der Waals surface area contributed by atoms with Crippen molar-refractivity contribution in [3.63, 3.8) is 0 Å². The van der Waals surface area contributed by atoms with Crippen molar-refractivity contribution < 1.29 is 19.5 Å². The number of rotatable bonds is 5. The maximum atomic E-state index is 10.6. The van der Waals surface area contributed by atoms with Crippen molar-refractivity contribution in [1.29, 1.82) is 0 Å². The normalized spacial score (nSPS) is 24.1. The third-order valence-corrected chi connectivity index (χ3v) is 3.27. The highest BCUT2D eigenvalue weighted by Crippen LogP contribution is 2.23. The molecule has 1 aromatic heterocycles. The number of aliphatic hydroxyl groups excluding tert-OH is 1. The van der Waals surface area contributed by atoms with Crippen molar-refractivity contribution in [3.05, 3.63) is 17.5 Å². The van der Waals surface area contributed by atoms with Crippen LogP contribution >= 0.6 is 0 Å². The molecule has 2 atom stereocenters. The number of hydrogen-bond acceptors (Lipinski definition) is 5. The Labute approximate surface area is 105 Å². The molecular formula is C12H18N2O4. The SMILES string of the molecule is O=C(O)c1cc(CNCC2CCCC(O)C2)on1. The van der Waals surface area contributed by atoms with E-state index in [1.807, 2.05) is 0 Å². The van der Waals surface area contributed by atoms with E-state index in [2.05, 4.69) is 10.5 Å². The molecule has 6 nitrogen and oxygen atoms in total. The van der Waals surface area contributed by atoms with Gasteiger partial charge in [-0.1, -0.05) is 11.6 Å². The fraction of sp³-hybridized carbons (Fsp3) is 0.667. The zero-order chi connectivity index (χ0) is 13.0. The summed E-state index contributed by atoms with van der Waals surface area (Å²) >= 11 is 0. The summed E-state index contributed by atoms with van der Waals surface area (Å²) in [5.74, 6) is -0.0835. The summed E-state index contributed by atoms with van der Waals surface area (Å²) in [6, 6.07) is 1.42. The zero-order valence-electron chi connectivity index (χ0n) is 10.1. The third kappa shape index (κ3) is 3.54. The first kappa shape index (κ1) is 13.0. The number of nitrogens with one attached hydrogen (secondary N) is 1. The Morgan fingerprint density at radius 3 is 3.06 bits per heavy atom. The number of carboxylic acids is 1. The molecule has 3 N–H and O–H groups in total. The molecule has 1 fully saturated rings. The van der Waals surface area contributed by atoms with Crippen LogP contribution in [-0.4, -0.2) is 34.0 Å². The molecule has 1 saturated carbocycles. The molecule has 0 aromatic carbocycles. The molecular weight excluding hydrogens is 236 g/mol. The number of aliphatic hydroxyl groups is 1. The molecule has 0 aliphatic heterocycles. The van der Waals surface area contributed by atoms with Gasteiger partial charge in [0.15, 0.2) is 11.5 Å². The average molecular weight is 254 g/mol. The topological polar surface area (TPSA) is 95.6 Å². The summed E-state index contributed by atoms with van der Waals surface area (Å²) in [7, 11) is 0. The lowest BCUT2D eigenvalue weighted by atomic mass is 9.87. The van der Waals surface area contributed by atoms with E-state index in [0.29, 0.717) is 18.2 Å². The maximum Gasteiger partial charge on any atom is 0.358 e. The molecule has 1 aliphatic carbocycles. The van der Waals surface area contributed by atoms with Crippen molar-refractivity contribution in [1.82, 2.24) is 10.5 Å². The second-order valence-corrected chi connectivity index (χ2v) is 4.80. The standard InChI is InChI=1S/C12H18N2O4/c15-9-3-1-2-8(4-9)6-13-7-10-5-11(12(16)17)14-18-10/h5,8-9,13,15H,1-4,6-7H2,(H,16,17). The lowest BCUT2D eigenvalue weighted by Gasteiger charge is -2.25. The fourth-order valence-electron chi connectivity index (χ4n) is 2.34. The van der Waals surface area contributed by atoms with Gasteiger partial charge < -0.3 is 20.1 Å². The minimum absolute atomic E-state index is 0.0695. The van der Waals surface area contributed by atoms with Gasteiger partial charge in [0.2, 0.25) is 0 Å². The zero-order valence-corrected chi connectivity index (χ0v) is 10.1. The van der Waals surface area contributed by atoms with Crippen LogP contribution < -0.4 is 5.32 Å². The Bertz CT molecular complexity index is 405. The van der Waals surface area contributed by atoms with Crippen LogP contribution in [0.3, 0.4) is 0 Å². The summed E-state index contributed by atoms with van der Waals surface area (Å²) in [5.41, 5.74) is -0.0695. The number of carbonyl (C=O) groups is 1. The Kier molecular flexibility index (Phi) is 4.33. The van der Waals surface area contributed by atoms with Crippen molar-refractivity contribution in [3.8, 4) is 0 Å². The summed E-state index contributed by atoms with van der Waals surface area (Å²) in [5, 5.41) is 24.9. The van der Waals surface area contributed by atoms with Crippen molar-refractivity contribution in [2.45, 2.75) is 38.3 Å². The van der Waals surface area contributed by atoms with E-state index in [1.165, 1.54) is 6.07 Å². The number of nitrogens with zero attached hydrogens (tertiary/aromatic N) is 1. The molecule has 6 heteroatoms. The summed E-state index contributed by atoms with van der Waals surface area (Å²) in [4.78, 5) is 10.6.